The zero-order valence-corrected chi connectivity index (χ0v) is 18.6. The van der Waals surface area contributed by atoms with Crippen LogP contribution >= 0.6 is 0 Å². The van der Waals surface area contributed by atoms with Crippen LogP contribution < -0.4 is 10.1 Å². The second-order valence-corrected chi connectivity index (χ2v) is 9.65. The number of benzene rings is 4. The Hall–Kier alpha value is -3.64. The fourth-order valence-corrected chi connectivity index (χ4v) is 4.21. The third-order valence-corrected chi connectivity index (χ3v) is 6.35. The highest BCUT2D eigenvalue weighted by molar-refractivity contribution is 7.90. The zero-order chi connectivity index (χ0) is 22.7. The zero-order valence-electron chi connectivity index (χ0n) is 17.8. The minimum atomic E-state index is -3.27. The second kappa shape index (κ2) is 8.85. The molecular formula is C26H23NO4S. The van der Waals surface area contributed by atoms with Crippen molar-refractivity contribution in [2.75, 3.05) is 6.26 Å². The second-order valence-electron chi connectivity index (χ2n) is 7.64. The lowest BCUT2D eigenvalue weighted by Crippen LogP contribution is -2.26. The maximum absolute atomic E-state index is 12.9. The molecule has 0 bridgehead atoms. The highest BCUT2D eigenvalue weighted by Gasteiger charge is 2.14. The standard InChI is InChI=1S/C26H23NO4S/c1-18(24-12-6-8-19-7-3-4-11-25(19)24)27-26(28)20-9-5-10-22(17-20)31-21-13-15-23(16-14-21)32(2,29)30/h3-18H,1-2H3,(H,27,28)/t18-/m1/s1. The van der Waals surface area contributed by atoms with Crippen LogP contribution in [0.4, 0.5) is 0 Å². The molecule has 0 saturated carbocycles. The van der Waals surface area contributed by atoms with E-state index < -0.39 is 9.84 Å². The predicted octanol–water partition coefficient (Wildman–Crippen LogP) is 5.53. The van der Waals surface area contributed by atoms with E-state index in [1.807, 2.05) is 31.2 Å². The van der Waals surface area contributed by atoms with Crippen LogP contribution in [0.5, 0.6) is 11.5 Å². The minimum Gasteiger partial charge on any atom is -0.457 e. The van der Waals surface area contributed by atoms with Crippen LogP contribution in [0, 0.1) is 0 Å². The molecule has 0 heterocycles. The first kappa shape index (κ1) is 21.6. The average molecular weight is 446 g/mol. The average Bonchev–Trinajstić information content (AvgIpc) is 2.78. The van der Waals surface area contributed by atoms with Gasteiger partial charge < -0.3 is 10.1 Å². The Morgan fingerprint density at radius 1 is 0.844 bits per heavy atom. The summed E-state index contributed by atoms with van der Waals surface area (Å²) in [7, 11) is -3.27. The van der Waals surface area contributed by atoms with Crippen LogP contribution in [0.15, 0.2) is 95.9 Å². The third-order valence-electron chi connectivity index (χ3n) is 5.22. The molecule has 0 spiro atoms. The number of sulfone groups is 1. The number of nitrogens with one attached hydrogen (secondary N) is 1. The molecule has 4 aromatic carbocycles. The highest BCUT2D eigenvalue weighted by Crippen LogP contribution is 2.26. The van der Waals surface area contributed by atoms with Crippen molar-refractivity contribution in [3.8, 4) is 11.5 Å². The lowest BCUT2D eigenvalue weighted by Gasteiger charge is -2.17. The van der Waals surface area contributed by atoms with Crippen LogP contribution in [0.25, 0.3) is 10.8 Å². The Kier molecular flexibility index (Phi) is 5.97. The molecule has 5 nitrogen and oxygen atoms in total. The smallest absolute Gasteiger partial charge is 0.251 e. The Morgan fingerprint density at radius 2 is 1.53 bits per heavy atom. The first-order valence-electron chi connectivity index (χ1n) is 10.2. The molecule has 0 aliphatic carbocycles. The number of carbonyl (C=O) groups excluding carboxylic acids is 1. The molecule has 1 amide bonds. The highest BCUT2D eigenvalue weighted by atomic mass is 32.2. The maximum atomic E-state index is 12.9. The Morgan fingerprint density at radius 3 is 2.28 bits per heavy atom. The molecule has 162 valence electrons. The van der Waals surface area contributed by atoms with Gasteiger partial charge in [-0.15, -0.1) is 0 Å². The number of ether oxygens (including phenoxy) is 1. The van der Waals surface area contributed by atoms with Crippen molar-refractivity contribution < 1.29 is 17.9 Å². The molecule has 0 radical (unpaired) electrons. The number of fused-ring (bicyclic) bond motifs is 1. The molecule has 0 saturated heterocycles. The van der Waals surface area contributed by atoms with Gasteiger partial charge in [0, 0.05) is 11.8 Å². The van der Waals surface area contributed by atoms with Gasteiger partial charge in [-0.1, -0.05) is 48.5 Å². The lowest BCUT2D eigenvalue weighted by molar-refractivity contribution is 0.0940. The fraction of sp³-hybridized carbons (Fsp3) is 0.115. The van der Waals surface area contributed by atoms with Gasteiger partial charge in [-0.25, -0.2) is 8.42 Å². The number of carbonyl (C=O) groups is 1. The SMILES string of the molecule is C[C@@H](NC(=O)c1cccc(Oc2ccc(S(C)(=O)=O)cc2)c1)c1cccc2ccccc12. The molecule has 4 aromatic rings. The molecule has 1 atom stereocenters. The summed E-state index contributed by atoms with van der Waals surface area (Å²) in [6.07, 6.45) is 1.16. The Balaban J connectivity index is 1.49. The van der Waals surface area contributed by atoms with Gasteiger partial charge in [0.1, 0.15) is 11.5 Å². The van der Waals surface area contributed by atoms with Crippen LogP contribution in [0.1, 0.15) is 28.9 Å². The summed E-state index contributed by atoms with van der Waals surface area (Å²) < 4.78 is 29.0. The molecule has 0 unspecified atom stereocenters. The minimum absolute atomic E-state index is 0.179. The summed E-state index contributed by atoms with van der Waals surface area (Å²) in [5.74, 6) is 0.768. The molecule has 0 aromatic heterocycles. The molecule has 1 N–H and O–H groups in total. The van der Waals surface area contributed by atoms with E-state index in [4.69, 9.17) is 4.74 Å². The predicted molar refractivity (Wildman–Crippen MR) is 126 cm³/mol. The van der Waals surface area contributed by atoms with Crippen LogP contribution in [0.2, 0.25) is 0 Å². The van der Waals surface area contributed by atoms with E-state index in [1.165, 1.54) is 12.1 Å². The topological polar surface area (TPSA) is 72.5 Å². The van der Waals surface area contributed by atoms with Gasteiger partial charge in [-0.2, -0.15) is 0 Å². The molecule has 4 rings (SSSR count). The fourth-order valence-electron chi connectivity index (χ4n) is 3.58. The lowest BCUT2D eigenvalue weighted by atomic mass is 9.99. The summed E-state index contributed by atoms with van der Waals surface area (Å²) >= 11 is 0. The summed E-state index contributed by atoms with van der Waals surface area (Å²) in [5, 5.41) is 5.30. The van der Waals surface area contributed by atoms with Gasteiger partial charge in [0.05, 0.1) is 10.9 Å². The van der Waals surface area contributed by atoms with E-state index in [2.05, 4.69) is 23.5 Å². The first-order valence-corrected chi connectivity index (χ1v) is 12.1. The number of amides is 1. The van der Waals surface area contributed by atoms with Crippen molar-refractivity contribution in [2.45, 2.75) is 17.9 Å². The van der Waals surface area contributed by atoms with Gasteiger partial charge in [-0.05, 0) is 65.7 Å². The Labute approximate surface area is 187 Å². The number of hydrogen-bond acceptors (Lipinski definition) is 4. The number of rotatable bonds is 6. The van der Waals surface area contributed by atoms with Crippen molar-refractivity contribution in [1.82, 2.24) is 5.32 Å². The summed E-state index contributed by atoms with van der Waals surface area (Å²) in [4.78, 5) is 13.1. The third kappa shape index (κ3) is 4.81. The quantitative estimate of drug-likeness (QED) is 0.424. The van der Waals surface area contributed by atoms with Crippen molar-refractivity contribution >= 4 is 26.5 Å². The van der Waals surface area contributed by atoms with Gasteiger partial charge in [-0.3, -0.25) is 4.79 Å². The van der Waals surface area contributed by atoms with Crippen molar-refractivity contribution in [3.63, 3.8) is 0 Å². The van der Waals surface area contributed by atoms with Gasteiger partial charge in [0.15, 0.2) is 9.84 Å². The Bertz CT molecular complexity index is 1370. The van der Waals surface area contributed by atoms with E-state index in [1.54, 1.807) is 36.4 Å². The van der Waals surface area contributed by atoms with E-state index in [0.717, 1.165) is 22.6 Å². The molecule has 6 heteroatoms. The van der Waals surface area contributed by atoms with E-state index in [9.17, 15) is 13.2 Å². The van der Waals surface area contributed by atoms with E-state index in [-0.39, 0.29) is 16.8 Å². The summed E-state index contributed by atoms with van der Waals surface area (Å²) in [6, 6.07) is 27.0. The van der Waals surface area contributed by atoms with Gasteiger partial charge >= 0.3 is 0 Å². The van der Waals surface area contributed by atoms with Gasteiger partial charge in [0.25, 0.3) is 5.91 Å². The normalized spacial score (nSPS) is 12.3. The molecule has 0 fully saturated rings. The van der Waals surface area contributed by atoms with Crippen molar-refractivity contribution in [2.24, 2.45) is 0 Å². The van der Waals surface area contributed by atoms with E-state index >= 15 is 0 Å². The summed E-state index contributed by atoms with van der Waals surface area (Å²) in [6.45, 7) is 1.96. The largest absolute Gasteiger partial charge is 0.457 e. The van der Waals surface area contributed by atoms with Gasteiger partial charge in [0.2, 0.25) is 0 Å². The van der Waals surface area contributed by atoms with Crippen LogP contribution in [0.3, 0.4) is 0 Å². The molecular weight excluding hydrogens is 422 g/mol. The van der Waals surface area contributed by atoms with Crippen molar-refractivity contribution in [3.05, 3.63) is 102 Å². The first-order chi connectivity index (χ1) is 15.3. The maximum Gasteiger partial charge on any atom is 0.251 e. The van der Waals surface area contributed by atoms with Crippen molar-refractivity contribution in [1.29, 1.82) is 0 Å². The number of hydrogen-bond donors (Lipinski definition) is 1. The molecule has 32 heavy (non-hydrogen) atoms. The monoisotopic (exact) mass is 445 g/mol. The molecule has 0 aliphatic rings. The van der Waals surface area contributed by atoms with Crippen LogP contribution in [-0.2, 0) is 9.84 Å². The van der Waals surface area contributed by atoms with E-state index in [0.29, 0.717) is 17.1 Å². The molecule has 0 aliphatic heterocycles. The van der Waals surface area contributed by atoms with Crippen LogP contribution in [-0.4, -0.2) is 20.6 Å². The summed E-state index contributed by atoms with van der Waals surface area (Å²) in [5.41, 5.74) is 1.53.